The van der Waals surface area contributed by atoms with E-state index in [1.165, 1.54) is 0 Å². The summed E-state index contributed by atoms with van der Waals surface area (Å²) in [6.07, 6.45) is 3.02. The summed E-state index contributed by atoms with van der Waals surface area (Å²) in [4.78, 5) is 0. The first-order valence-corrected chi connectivity index (χ1v) is 3.71. The lowest BCUT2D eigenvalue weighted by Gasteiger charge is -2.12. The molecular weight excluding hydrogens is 131 g/mol. The van der Waals surface area contributed by atoms with Crippen LogP contribution in [0.1, 0.15) is 13.3 Å². The Labute approximate surface area is 60.7 Å². The monoisotopic (exact) mass is 144 g/mol. The fourth-order valence-corrected chi connectivity index (χ4v) is 1.03. The summed E-state index contributed by atoms with van der Waals surface area (Å²) in [6.45, 7) is 3.18. The zero-order valence-electron chi connectivity index (χ0n) is 6.26. The largest absolute Gasteiger partial charge is 0.294 e. The maximum atomic E-state index is 11.8. The van der Waals surface area contributed by atoms with Crippen LogP contribution < -0.4 is 0 Å². The van der Waals surface area contributed by atoms with Crippen molar-refractivity contribution in [3.63, 3.8) is 0 Å². The summed E-state index contributed by atoms with van der Waals surface area (Å²) < 4.78 is 11.8. The van der Waals surface area contributed by atoms with Gasteiger partial charge < -0.3 is 0 Å². The van der Waals surface area contributed by atoms with Crippen LogP contribution in [0.4, 0.5) is 4.39 Å². The van der Waals surface area contributed by atoms with E-state index in [9.17, 15) is 4.39 Å². The zero-order chi connectivity index (χ0) is 7.40. The molecule has 0 amide bonds. The number of nitrogens with zero attached hydrogens (tertiary/aromatic N) is 2. The van der Waals surface area contributed by atoms with Crippen molar-refractivity contribution in [3.05, 3.63) is 0 Å². The second-order valence-corrected chi connectivity index (χ2v) is 2.53. The quantitative estimate of drug-likeness (QED) is 0.582. The Morgan fingerprint density at radius 2 is 2.60 bits per heavy atom. The first-order chi connectivity index (χ1) is 4.86. The molecule has 0 aliphatic carbocycles. The summed E-state index contributed by atoms with van der Waals surface area (Å²) in [5.41, 5.74) is 0. The first-order valence-electron chi connectivity index (χ1n) is 3.71. The van der Waals surface area contributed by atoms with Crippen molar-refractivity contribution in [2.24, 2.45) is 11.0 Å². The highest BCUT2D eigenvalue weighted by atomic mass is 19.1. The molecular formula is C7H13FN2. The molecule has 2 nitrogen and oxygen atoms in total. The van der Waals surface area contributed by atoms with Crippen molar-refractivity contribution >= 4 is 6.21 Å². The van der Waals surface area contributed by atoms with E-state index in [0.29, 0.717) is 12.5 Å². The molecule has 3 heteroatoms. The predicted octanol–water partition coefficient (Wildman–Crippen LogP) is 1.28. The van der Waals surface area contributed by atoms with Crippen molar-refractivity contribution in [3.8, 4) is 0 Å². The van der Waals surface area contributed by atoms with E-state index in [2.05, 4.69) is 12.0 Å². The number of halogens is 1. The van der Waals surface area contributed by atoms with Gasteiger partial charge in [0.1, 0.15) is 6.67 Å². The van der Waals surface area contributed by atoms with Gasteiger partial charge in [-0.2, -0.15) is 5.10 Å². The van der Waals surface area contributed by atoms with Gasteiger partial charge in [0.15, 0.2) is 0 Å². The molecule has 0 saturated heterocycles. The van der Waals surface area contributed by atoms with E-state index in [1.54, 1.807) is 5.01 Å². The van der Waals surface area contributed by atoms with Gasteiger partial charge >= 0.3 is 0 Å². The molecule has 0 aromatic rings. The summed E-state index contributed by atoms with van der Waals surface area (Å²) in [5, 5.41) is 5.83. The van der Waals surface area contributed by atoms with Crippen LogP contribution in [0.15, 0.2) is 5.10 Å². The third-order valence-corrected chi connectivity index (χ3v) is 1.75. The van der Waals surface area contributed by atoms with Crippen LogP contribution in [0.3, 0.4) is 0 Å². The van der Waals surface area contributed by atoms with Gasteiger partial charge in [-0.1, -0.05) is 6.92 Å². The number of hydrogen-bond donors (Lipinski definition) is 0. The van der Waals surface area contributed by atoms with E-state index in [1.807, 2.05) is 6.21 Å². The molecule has 1 rings (SSSR count). The molecule has 10 heavy (non-hydrogen) atoms. The van der Waals surface area contributed by atoms with Gasteiger partial charge in [-0.25, -0.2) is 4.39 Å². The smallest absolute Gasteiger partial charge is 0.109 e. The molecule has 0 saturated carbocycles. The Balaban J connectivity index is 2.24. The fourth-order valence-electron chi connectivity index (χ4n) is 1.03. The van der Waals surface area contributed by atoms with Gasteiger partial charge in [-0.15, -0.1) is 0 Å². The molecule has 0 radical (unpaired) electrons. The van der Waals surface area contributed by atoms with E-state index in [0.717, 1.165) is 13.0 Å². The van der Waals surface area contributed by atoms with Crippen LogP contribution in [-0.2, 0) is 0 Å². The van der Waals surface area contributed by atoms with Gasteiger partial charge in [0, 0.05) is 18.7 Å². The molecule has 0 bridgehead atoms. The summed E-state index contributed by atoms with van der Waals surface area (Å²) in [5.74, 6) is 0.548. The molecule has 58 valence electrons. The highest BCUT2D eigenvalue weighted by molar-refractivity contribution is 5.62. The minimum atomic E-state index is -0.298. The SMILES string of the molecule is CCC1C=NN(CCF)C1. The molecule has 1 unspecified atom stereocenters. The predicted molar refractivity (Wildman–Crippen MR) is 39.8 cm³/mol. The second kappa shape index (κ2) is 3.54. The third kappa shape index (κ3) is 1.69. The maximum absolute atomic E-state index is 11.8. The topological polar surface area (TPSA) is 15.6 Å². The summed E-state index contributed by atoms with van der Waals surface area (Å²) in [6, 6.07) is 0. The average molecular weight is 144 g/mol. The number of hydrogen-bond acceptors (Lipinski definition) is 2. The summed E-state index contributed by atoms with van der Waals surface area (Å²) >= 11 is 0. The molecule has 0 spiro atoms. The highest BCUT2D eigenvalue weighted by Crippen LogP contribution is 2.09. The van der Waals surface area contributed by atoms with Gasteiger partial charge in [0.2, 0.25) is 0 Å². The fraction of sp³-hybridized carbons (Fsp3) is 0.857. The highest BCUT2D eigenvalue weighted by Gasteiger charge is 2.14. The number of hydrazone groups is 1. The van der Waals surface area contributed by atoms with Crippen LogP contribution in [0.2, 0.25) is 0 Å². The Kier molecular flexibility index (Phi) is 2.66. The Bertz CT molecular complexity index is 125. The second-order valence-electron chi connectivity index (χ2n) is 2.53. The minimum absolute atomic E-state index is 0.298. The van der Waals surface area contributed by atoms with Gasteiger partial charge in [0.25, 0.3) is 0 Å². The molecule has 1 atom stereocenters. The van der Waals surface area contributed by atoms with E-state index in [4.69, 9.17) is 0 Å². The molecule has 0 fully saturated rings. The lowest BCUT2D eigenvalue weighted by molar-refractivity contribution is 0.264. The molecule has 0 N–H and O–H groups in total. The van der Waals surface area contributed by atoms with E-state index in [-0.39, 0.29) is 6.67 Å². The van der Waals surface area contributed by atoms with Gasteiger partial charge in [-0.05, 0) is 6.42 Å². The van der Waals surface area contributed by atoms with Crippen molar-refractivity contribution in [2.75, 3.05) is 19.8 Å². The summed E-state index contributed by atoms with van der Waals surface area (Å²) in [7, 11) is 0. The molecule has 1 heterocycles. The minimum Gasteiger partial charge on any atom is -0.294 e. The lowest BCUT2D eigenvalue weighted by Crippen LogP contribution is -2.20. The van der Waals surface area contributed by atoms with E-state index < -0.39 is 0 Å². The van der Waals surface area contributed by atoms with Crippen molar-refractivity contribution in [2.45, 2.75) is 13.3 Å². The Morgan fingerprint density at radius 1 is 1.80 bits per heavy atom. The Morgan fingerprint density at radius 3 is 3.10 bits per heavy atom. The van der Waals surface area contributed by atoms with Crippen LogP contribution in [0.5, 0.6) is 0 Å². The number of alkyl halides is 1. The third-order valence-electron chi connectivity index (χ3n) is 1.75. The average Bonchev–Trinajstić information content (AvgIpc) is 2.37. The zero-order valence-corrected chi connectivity index (χ0v) is 6.26. The van der Waals surface area contributed by atoms with Gasteiger partial charge in [-0.3, -0.25) is 5.01 Å². The molecule has 1 aliphatic rings. The van der Waals surface area contributed by atoms with Crippen molar-refractivity contribution < 1.29 is 4.39 Å². The van der Waals surface area contributed by atoms with Crippen LogP contribution in [-0.4, -0.2) is 31.0 Å². The van der Waals surface area contributed by atoms with Crippen LogP contribution in [0.25, 0.3) is 0 Å². The van der Waals surface area contributed by atoms with Crippen LogP contribution >= 0.6 is 0 Å². The van der Waals surface area contributed by atoms with E-state index >= 15 is 0 Å². The van der Waals surface area contributed by atoms with Crippen LogP contribution in [0, 0.1) is 5.92 Å². The standard InChI is InChI=1S/C7H13FN2/c1-2-7-5-9-10(6-7)4-3-8/h5,7H,2-4,6H2,1H3. The van der Waals surface area contributed by atoms with Crippen molar-refractivity contribution in [1.82, 2.24) is 5.01 Å². The first kappa shape index (κ1) is 7.51. The lowest BCUT2D eigenvalue weighted by atomic mass is 10.1. The molecule has 1 aliphatic heterocycles. The molecule has 0 aromatic carbocycles. The maximum Gasteiger partial charge on any atom is 0.109 e. The van der Waals surface area contributed by atoms with Crippen molar-refractivity contribution in [1.29, 1.82) is 0 Å². The molecule has 0 aromatic heterocycles. The normalized spacial score (nSPS) is 24.2. The number of rotatable bonds is 3. The van der Waals surface area contributed by atoms with Gasteiger partial charge in [0.05, 0.1) is 6.54 Å². The Hall–Kier alpha value is -0.600.